The number of rotatable bonds is 4. The van der Waals surface area contributed by atoms with Crippen LogP contribution in [0.1, 0.15) is 32.8 Å². The highest BCUT2D eigenvalue weighted by atomic mass is 19.1. The lowest BCUT2D eigenvalue weighted by molar-refractivity contribution is 0.478. The van der Waals surface area contributed by atoms with Gasteiger partial charge in [-0.1, -0.05) is 26.0 Å². The van der Waals surface area contributed by atoms with Crippen LogP contribution in [0.4, 0.5) is 4.39 Å². The second-order valence-corrected chi connectivity index (χ2v) is 5.64. The van der Waals surface area contributed by atoms with Gasteiger partial charge in [-0.05, 0) is 42.9 Å². The van der Waals surface area contributed by atoms with E-state index in [9.17, 15) is 4.39 Å². The van der Waals surface area contributed by atoms with E-state index in [1.807, 2.05) is 12.1 Å². The van der Waals surface area contributed by atoms with E-state index in [1.165, 1.54) is 24.1 Å². The number of hydrogen-bond acceptors (Lipinski definition) is 1. The molecule has 1 saturated carbocycles. The summed E-state index contributed by atoms with van der Waals surface area (Å²) >= 11 is 0. The molecule has 1 aromatic carbocycles. The molecule has 1 N–H and O–H groups in total. The van der Waals surface area contributed by atoms with Gasteiger partial charge in [0.25, 0.3) is 0 Å². The molecular formula is C14H20FN. The van der Waals surface area contributed by atoms with Gasteiger partial charge in [0.1, 0.15) is 5.82 Å². The van der Waals surface area contributed by atoms with Crippen LogP contribution in [0.3, 0.4) is 0 Å². The number of halogens is 1. The van der Waals surface area contributed by atoms with Crippen LogP contribution in [0.25, 0.3) is 0 Å². The van der Waals surface area contributed by atoms with Gasteiger partial charge in [-0.15, -0.1) is 0 Å². The van der Waals surface area contributed by atoms with E-state index in [-0.39, 0.29) is 5.82 Å². The quantitative estimate of drug-likeness (QED) is 0.823. The highest BCUT2D eigenvalue weighted by molar-refractivity contribution is 5.17. The van der Waals surface area contributed by atoms with Crippen molar-refractivity contribution < 1.29 is 4.39 Å². The zero-order valence-corrected chi connectivity index (χ0v) is 10.3. The van der Waals surface area contributed by atoms with Gasteiger partial charge in [-0.25, -0.2) is 4.39 Å². The maximum absolute atomic E-state index is 12.7. The fourth-order valence-electron chi connectivity index (χ4n) is 2.13. The molecule has 16 heavy (non-hydrogen) atoms. The van der Waals surface area contributed by atoms with Crippen molar-refractivity contribution in [2.24, 2.45) is 5.41 Å². The van der Waals surface area contributed by atoms with Gasteiger partial charge in [-0.2, -0.15) is 0 Å². The van der Waals surface area contributed by atoms with E-state index in [0.29, 0.717) is 17.5 Å². The molecule has 2 unspecified atom stereocenters. The minimum Gasteiger partial charge on any atom is -0.311 e. The van der Waals surface area contributed by atoms with Crippen LogP contribution in [0.5, 0.6) is 0 Å². The van der Waals surface area contributed by atoms with Crippen LogP contribution in [-0.4, -0.2) is 12.1 Å². The Bertz CT molecular complexity index is 356. The Labute approximate surface area is 97.1 Å². The molecule has 2 rings (SSSR count). The largest absolute Gasteiger partial charge is 0.311 e. The fraction of sp³-hybridized carbons (Fsp3) is 0.571. The maximum Gasteiger partial charge on any atom is 0.123 e. The number of hydrogen-bond donors (Lipinski definition) is 1. The van der Waals surface area contributed by atoms with Crippen molar-refractivity contribution in [3.8, 4) is 0 Å². The Morgan fingerprint density at radius 2 is 1.94 bits per heavy atom. The second-order valence-electron chi connectivity index (χ2n) is 5.64. The summed E-state index contributed by atoms with van der Waals surface area (Å²) in [6.45, 7) is 6.77. The highest BCUT2D eigenvalue weighted by Crippen LogP contribution is 2.44. The van der Waals surface area contributed by atoms with E-state index in [1.54, 1.807) is 0 Å². The predicted molar refractivity (Wildman–Crippen MR) is 64.9 cm³/mol. The predicted octanol–water partition coefficient (Wildman–Crippen LogP) is 3.14. The molecule has 0 radical (unpaired) electrons. The molecule has 0 spiro atoms. The van der Waals surface area contributed by atoms with Gasteiger partial charge in [-0.3, -0.25) is 0 Å². The first kappa shape index (κ1) is 11.6. The van der Waals surface area contributed by atoms with Crippen molar-refractivity contribution in [2.45, 2.75) is 45.7 Å². The third-order valence-corrected chi connectivity index (χ3v) is 3.45. The lowest BCUT2D eigenvalue weighted by atomic mass is 10.1. The average molecular weight is 221 g/mol. The Morgan fingerprint density at radius 3 is 2.44 bits per heavy atom. The standard InChI is InChI=1S/C14H20FN/c1-10(16-13-9-14(13,2)3)8-11-4-6-12(15)7-5-11/h4-7,10,13,16H,8-9H2,1-3H3. The lowest BCUT2D eigenvalue weighted by Gasteiger charge is -2.15. The van der Waals surface area contributed by atoms with Gasteiger partial charge in [0.15, 0.2) is 0 Å². The van der Waals surface area contributed by atoms with Crippen LogP contribution >= 0.6 is 0 Å². The maximum atomic E-state index is 12.7. The number of benzene rings is 1. The molecule has 1 aromatic rings. The van der Waals surface area contributed by atoms with Crippen molar-refractivity contribution >= 4 is 0 Å². The molecule has 0 amide bonds. The van der Waals surface area contributed by atoms with Crippen molar-refractivity contribution in [1.29, 1.82) is 0 Å². The topological polar surface area (TPSA) is 12.0 Å². The fourth-order valence-corrected chi connectivity index (χ4v) is 2.13. The summed E-state index contributed by atoms with van der Waals surface area (Å²) in [5.74, 6) is -0.160. The van der Waals surface area contributed by atoms with Crippen LogP contribution in [-0.2, 0) is 6.42 Å². The molecule has 1 aliphatic rings. The minimum absolute atomic E-state index is 0.160. The molecule has 0 aromatic heterocycles. The van der Waals surface area contributed by atoms with E-state index in [2.05, 4.69) is 26.1 Å². The van der Waals surface area contributed by atoms with Gasteiger partial charge in [0, 0.05) is 12.1 Å². The molecule has 0 saturated heterocycles. The zero-order valence-electron chi connectivity index (χ0n) is 10.3. The normalized spacial score (nSPS) is 24.1. The van der Waals surface area contributed by atoms with Crippen molar-refractivity contribution in [3.05, 3.63) is 35.6 Å². The average Bonchev–Trinajstić information content (AvgIpc) is 2.77. The molecule has 1 nitrogen and oxygen atoms in total. The van der Waals surface area contributed by atoms with Gasteiger partial charge < -0.3 is 5.32 Å². The second kappa shape index (κ2) is 4.17. The summed E-state index contributed by atoms with van der Waals surface area (Å²) in [6, 6.07) is 7.91. The number of nitrogens with one attached hydrogen (secondary N) is 1. The van der Waals surface area contributed by atoms with Crippen molar-refractivity contribution in [2.75, 3.05) is 0 Å². The van der Waals surface area contributed by atoms with Crippen LogP contribution in [0.15, 0.2) is 24.3 Å². The Hall–Kier alpha value is -0.890. The first-order valence-electron chi connectivity index (χ1n) is 5.98. The Morgan fingerprint density at radius 1 is 1.38 bits per heavy atom. The van der Waals surface area contributed by atoms with Crippen LogP contribution in [0, 0.1) is 11.2 Å². The SMILES string of the molecule is CC(Cc1ccc(F)cc1)NC1CC1(C)C. The lowest BCUT2D eigenvalue weighted by Crippen LogP contribution is -2.32. The molecule has 1 aliphatic carbocycles. The zero-order chi connectivity index (χ0) is 11.8. The van der Waals surface area contributed by atoms with Crippen molar-refractivity contribution in [3.63, 3.8) is 0 Å². The van der Waals surface area contributed by atoms with Gasteiger partial charge in [0.2, 0.25) is 0 Å². The first-order chi connectivity index (χ1) is 7.47. The molecule has 2 heteroatoms. The molecule has 0 aliphatic heterocycles. The molecule has 1 fully saturated rings. The van der Waals surface area contributed by atoms with E-state index >= 15 is 0 Å². The van der Waals surface area contributed by atoms with Crippen LogP contribution in [0.2, 0.25) is 0 Å². The molecular weight excluding hydrogens is 201 g/mol. The summed E-state index contributed by atoms with van der Waals surface area (Å²) in [7, 11) is 0. The summed E-state index contributed by atoms with van der Waals surface area (Å²) in [5.41, 5.74) is 1.66. The Kier molecular flexibility index (Phi) is 3.02. The smallest absolute Gasteiger partial charge is 0.123 e. The van der Waals surface area contributed by atoms with E-state index in [0.717, 1.165) is 6.42 Å². The van der Waals surface area contributed by atoms with E-state index in [4.69, 9.17) is 0 Å². The molecule has 88 valence electrons. The van der Waals surface area contributed by atoms with Crippen molar-refractivity contribution in [1.82, 2.24) is 5.32 Å². The summed E-state index contributed by atoms with van der Waals surface area (Å²) in [5, 5.41) is 3.61. The molecule has 0 bridgehead atoms. The summed E-state index contributed by atoms with van der Waals surface area (Å²) < 4.78 is 12.7. The monoisotopic (exact) mass is 221 g/mol. The molecule has 0 heterocycles. The van der Waals surface area contributed by atoms with Gasteiger partial charge in [0.05, 0.1) is 0 Å². The third kappa shape index (κ3) is 2.82. The Balaban J connectivity index is 1.83. The van der Waals surface area contributed by atoms with Gasteiger partial charge >= 0.3 is 0 Å². The van der Waals surface area contributed by atoms with Crippen LogP contribution < -0.4 is 5.32 Å². The summed E-state index contributed by atoms with van der Waals surface area (Å²) in [6.07, 6.45) is 2.23. The molecule has 2 atom stereocenters. The minimum atomic E-state index is -0.160. The third-order valence-electron chi connectivity index (χ3n) is 3.45. The first-order valence-corrected chi connectivity index (χ1v) is 5.98. The highest BCUT2D eigenvalue weighted by Gasteiger charge is 2.45. The summed E-state index contributed by atoms with van der Waals surface area (Å²) in [4.78, 5) is 0. The van der Waals surface area contributed by atoms with E-state index < -0.39 is 0 Å².